The van der Waals surface area contributed by atoms with Crippen molar-refractivity contribution in [2.24, 2.45) is 0 Å². The Morgan fingerprint density at radius 1 is 0.630 bits per heavy atom. The molecule has 1 heteroatoms. The molecule has 1 heterocycles. The van der Waals surface area contributed by atoms with Crippen molar-refractivity contribution in [3.8, 4) is 0 Å². The molecule has 1 aliphatic heterocycles. The van der Waals surface area contributed by atoms with Crippen molar-refractivity contribution in [1.29, 1.82) is 0 Å². The van der Waals surface area contributed by atoms with Crippen molar-refractivity contribution in [2.75, 3.05) is 0 Å². The van der Waals surface area contributed by atoms with Gasteiger partial charge in [-0.2, -0.15) is 0 Å². The van der Waals surface area contributed by atoms with E-state index in [1.165, 1.54) is 54.4 Å². The van der Waals surface area contributed by atoms with Crippen LogP contribution in [-0.4, -0.2) is 16.8 Å². The number of rotatable bonds is 3. The van der Waals surface area contributed by atoms with Gasteiger partial charge in [0.05, 0.1) is 0 Å². The first-order chi connectivity index (χ1) is 13.4. The molecule has 0 saturated heterocycles. The van der Waals surface area contributed by atoms with Crippen LogP contribution in [0.3, 0.4) is 0 Å². The van der Waals surface area contributed by atoms with Crippen LogP contribution >= 0.6 is 0 Å². The fourth-order valence-corrected chi connectivity index (χ4v) is 5.20. The normalized spacial score (nSPS) is 18.7. The summed E-state index contributed by atoms with van der Waals surface area (Å²) in [7, 11) is 0. The molecule has 0 spiro atoms. The zero-order chi connectivity index (χ0) is 18.1. The minimum atomic E-state index is -0.235. The van der Waals surface area contributed by atoms with Crippen molar-refractivity contribution in [3.05, 3.63) is 107 Å². The lowest BCUT2D eigenvalue weighted by Gasteiger charge is -2.34. The van der Waals surface area contributed by atoms with Crippen LogP contribution in [0.15, 0.2) is 84.9 Å². The van der Waals surface area contributed by atoms with Crippen LogP contribution in [0.4, 0.5) is 0 Å². The molecule has 0 unspecified atom stereocenters. The van der Waals surface area contributed by atoms with E-state index in [0.717, 1.165) is 0 Å². The van der Waals surface area contributed by atoms with Gasteiger partial charge in [0.2, 0.25) is 5.54 Å². The summed E-state index contributed by atoms with van der Waals surface area (Å²) in [6, 6.07) is 31.7. The van der Waals surface area contributed by atoms with E-state index in [0.29, 0.717) is 6.04 Å². The van der Waals surface area contributed by atoms with Crippen molar-refractivity contribution in [1.82, 2.24) is 0 Å². The first-order valence-electron chi connectivity index (χ1n) is 10.2. The lowest BCUT2D eigenvalue weighted by molar-refractivity contribution is -0.623. The number of hydrogen-bond donors (Lipinski definition) is 0. The molecular formula is C26H26N+. The zero-order valence-electron chi connectivity index (χ0n) is 15.7. The van der Waals surface area contributed by atoms with Crippen LogP contribution in [0.25, 0.3) is 0 Å². The molecule has 0 bridgehead atoms. The van der Waals surface area contributed by atoms with Gasteiger partial charge in [-0.05, 0) is 18.9 Å². The standard InChI is InChI=1S/C26H26N/c1-4-13-22(14-5-1)26(23-15-6-2-7-16-23)25-19-11-10-12-21(25)20-27(26)24-17-8-3-9-18-24/h1-2,4-7,10-16,19-20,24H,3,8-9,17-18H2/q+1. The predicted octanol–water partition coefficient (Wildman–Crippen LogP) is 5.76. The van der Waals surface area contributed by atoms with Gasteiger partial charge in [0.15, 0.2) is 12.3 Å². The fourth-order valence-electron chi connectivity index (χ4n) is 5.20. The Morgan fingerprint density at radius 2 is 1.19 bits per heavy atom. The molecule has 0 N–H and O–H groups in total. The van der Waals surface area contributed by atoms with Gasteiger partial charge in [-0.1, -0.05) is 85.3 Å². The third-order valence-electron chi connectivity index (χ3n) is 6.37. The van der Waals surface area contributed by atoms with Crippen LogP contribution in [0.2, 0.25) is 0 Å². The summed E-state index contributed by atoms with van der Waals surface area (Å²) in [5.41, 5.74) is 5.26. The highest BCUT2D eigenvalue weighted by molar-refractivity contribution is 5.83. The highest BCUT2D eigenvalue weighted by Crippen LogP contribution is 2.46. The maximum Gasteiger partial charge on any atom is 0.239 e. The smallest absolute Gasteiger partial charge is 0.215 e. The summed E-state index contributed by atoms with van der Waals surface area (Å²) in [6.45, 7) is 0. The first-order valence-corrected chi connectivity index (χ1v) is 10.2. The molecule has 134 valence electrons. The minimum absolute atomic E-state index is 0.235. The summed E-state index contributed by atoms with van der Waals surface area (Å²) in [6.07, 6.45) is 9.06. The van der Waals surface area contributed by atoms with Crippen LogP contribution < -0.4 is 0 Å². The van der Waals surface area contributed by atoms with Gasteiger partial charge in [-0.15, -0.1) is 0 Å². The molecule has 3 aromatic rings. The highest BCUT2D eigenvalue weighted by Gasteiger charge is 2.54. The Morgan fingerprint density at radius 3 is 1.81 bits per heavy atom. The van der Waals surface area contributed by atoms with E-state index in [9.17, 15) is 0 Å². The van der Waals surface area contributed by atoms with Crippen LogP contribution in [0, 0.1) is 0 Å². The second-order valence-corrected chi connectivity index (χ2v) is 7.86. The molecular weight excluding hydrogens is 326 g/mol. The molecule has 2 aliphatic rings. The second-order valence-electron chi connectivity index (χ2n) is 7.86. The van der Waals surface area contributed by atoms with E-state index in [4.69, 9.17) is 0 Å². The minimum Gasteiger partial charge on any atom is -0.215 e. The third-order valence-corrected chi connectivity index (χ3v) is 6.37. The Hall–Kier alpha value is -2.67. The lowest BCUT2D eigenvalue weighted by atomic mass is 9.75. The average molecular weight is 353 g/mol. The molecule has 5 rings (SSSR count). The largest absolute Gasteiger partial charge is 0.239 e. The van der Waals surface area contributed by atoms with Crippen molar-refractivity contribution in [3.63, 3.8) is 0 Å². The Bertz CT molecular complexity index is 910. The average Bonchev–Trinajstić information content (AvgIpc) is 3.12. The van der Waals surface area contributed by atoms with E-state index < -0.39 is 0 Å². The third kappa shape index (κ3) is 2.56. The fraction of sp³-hybridized carbons (Fsp3) is 0.269. The molecule has 1 saturated carbocycles. The zero-order valence-corrected chi connectivity index (χ0v) is 15.7. The Labute approximate surface area is 162 Å². The molecule has 3 aromatic carbocycles. The summed E-state index contributed by atoms with van der Waals surface area (Å²) < 4.78 is 2.70. The van der Waals surface area contributed by atoms with Crippen molar-refractivity contribution < 1.29 is 4.58 Å². The van der Waals surface area contributed by atoms with Gasteiger partial charge in [0.1, 0.15) is 0 Å². The van der Waals surface area contributed by atoms with Crippen molar-refractivity contribution in [2.45, 2.75) is 43.7 Å². The lowest BCUT2D eigenvalue weighted by Crippen LogP contribution is -2.45. The number of hydrogen-bond acceptors (Lipinski definition) is 0. The number of nitrogens with zero attached hydrogens (tertiary/aromatic N) is 1. The Kier molecular flexibility index (Phi) is 4.16. The molecule has 27 heavy (non-hydrogen) atoms. The van der Waals surface area contributed by atoms with E-state index in [1.807, 2.05) is 0 Å². The summed E-state index contributed by atoms with van der Waals surface area (Å²) >= 11 is 0. The van der Waals surface area contributed by atoms with Crippen LogP contribution in [0.1, 0.15) is 54.4 Å². The highest BCUT2D eigenvalue weighted by atomic mass is 15.1. The maximum absolute atomic E-state index is 2.70. The predicted molar refractivity (Wildman–Crippen MR) is 112 cm³/mol. The van der Waals surface area contributed by atoms with E-state index in [-0.39, 0.29) is 5.54 Å². The van der Waals surface area contributed by atoms with Crippen LogP contribution in [0.5, 0.6) is 0 Å². The molecule has 1 fully saturated rings. The van der Waals surface area contributed by atoms with Gasteiger partial charge < -0.3 is 0 Å². The van der Waals surface area contributed by atoms with Gasteiger partial charge in [-0.3, -0.25) is 0 Å². The topological polar surface area (TPSA) is 3.01 Å². The Balaban J connectivity index is 1.82. The second kappa shape index (κ2) is 6.81. The molecule has 1 nitrogen and oxygen atoms in total. The van der Waals surface area contributed by atoms with Gasteiger partial charge >= 0.3 is 0 Å². The van der Waals surface area contributed by atoms with Crippen molar-refractivity contribution >= 4 is 6.21 Å². The van der Waals surface area contributed by atoms with Crippen LogP contribution in [-0.2, 0) is 5.54 Å². The summed E-state index contributed by atoms with van der Waals surface area (Å²) in [5, 5.41) is 0. The van der Waals surface area contributed by atoms with E-state index in [2.05, 4.69) is 95.7 Å². The molecule has 0 radical (unpaired) electrons. The summed E-state index contributed by atoms with van der Waals surface area (Å²) in [5.74, 6) is 0. The number of fused-ring (bicyclic) bond motifs is 1. The summed E-state index contributed by atoms with van der Waals surface area (Å²) in [4.78, 5) is 0. The maximum atomic E-state index is 2.70. The van der Waals surface area contributed by atoms with Gasteiger partial charge in [0.25, 0.3) is 0 Å². The van der Waals surface area contributed by atoms with Gasteiger partial charge in [-0.25, -0.2) is 4.58 Å². The monoisotopic (exact) mass is 352 g/mol. The quantitative estimate of drug-likeness (QED) is 0.528. The molecule has 0 amide bonds. The van der Waals surface area contributed by atoms with E-state index in [1.54, 1.807) is 0 Å². The molecule has 0 aromatic heterocycles. The molecule has 0 atom stereocenters. The number of benzene rings is 3. The molecule has 1 aliphatic carbocycles. The van der Waals surface area contributed by atoms with E-state index >= 15 is 0 Å². The first kappa shape index (κ1) is 16.5. The van der Waals surface area contributed by atoms with Gasteiger partial charge in [0, 0.05) is 35.1 Å². The SMILES string of the molecule is C1=[N+](C2CCCCC2)C(c2ccccc2)(c2ccccc2)c2ccccc21.